The number of phenolic OH excluding ortho intramolecular Hbond substituents is 1. The Balaban J connectivity index is 2.34. The molecule has 0 radical (unpaired) electrons. The first kappa shape index (κ1) is 26.0. The van der Waals surface area contributed by atoms with E-state index in [0.29, 0.717) is 24.1 Å². The van der Waals surface area contributed by atoms with Gasteiger partial charge in [-0.25, -0.2) is 8.42 Å². The van der Waals surface area contributed by atoms with Gasteiger partial charge in [0.15, 0.2) is 0 Å². The standard InChI is InChI=1S/C26H45NO3S/c1-25(2,3)21-18-19-22(23(24(21)28)26(4,5)6)27-31(29,30)20-16-14-12-10-8-7-9-11-13-15-17-20/h18-20,27-28H,7-17H2,1-6H3. The maximum atomic E-state index is 13.5. The van der Waals surface area contributed by atoms with E-state index < -0.39 is 15.4 Å². The van der Waals surface area contributed by atoms with Crippen molar-refractivity contribution in [1.29, 1.82) is 0 Å². The number of anilines is 1. The van der Waals surface area contributed by atoms with Gasteiger partial charge in [0.1, 0.15) is 5.75 Å². The Morgan fingerprint density at radius 1 is 0.774 bits per heavy atom. The number of rotatable bonds is 3. The van der Waals surface area contributed by atoms with Gasteiger partial charge in [-0.15, -0.1) is 0 Å². The molecule has 2 rings (SSSR count). The minimum Gasteiger partial charge on any atom is -0.507 e. The lowest BCUT2D eigenvalue weighted by Gasteiger charge is -2.30. The second-order valence-electron chi connectivity index (χ2n) is 11.4. The van der Waals surface area contributed by atoms with Gasteiger partial charge in [-0.2, -0.15) is 0 Å². The molecule has 1 aromatic carbocycles. The van der Waals surface area contributed by atoms with E-state index in [1.807, 2.05) is 32.9 Å². The highest BCUT2D eigenvalue weighted by Crippen LogP contribution is 2.43. The van der Waals surface area contributed by atoms with Crippen LogP contribution in [0.25, 0.3) is 0 Å². The summed E-state index contributed by atoms with van der Waals surface area (Å²) in [4.78, 5) is 0. The quantitative estimate of drug-likeness (QED) is 0.503. The predicted octanol–water partition coefficient (Wildman–Crippen LogP) is 7.40. The van der Waals surface area contributed by atoms with E-state index in [1.54, 1.807) is 0 Å². The molecule has 0 amide bonds. The normalized spacial score (nSPS) is 18.8. The molecule has 0 bridgehead atoms. The zero-order chi connectivity index (χ0) is 23.3. The Morgan fingerprint density at radius 3 is 1.65 bits per heavy atom. The van der Waals surface area contributed by atoms with Crippen LogP contribution in [0.3, 0.4) is 0 Å². The molecule has 1 aliphatic carbocycles. The summed E-state index contributed by atoms with van der Waals surface area (Å²) in [5.74, 6) is 0.207. The number of phenols is 1. The molecule has 0 unspecified atom stereocenters. The maximum Gasteiger partial charge on any atom is 0.235 e. The molecule has 178 valence electrons. The van der Waals surface area contributed by atoms with Gasteiger partial charge < -0.3 is 5.11 Å². The van der Waals surface area contributed by atoms with Crippen LogP contribution in [0.1, 0.15) is 123 Å². The van der Waals surface area contributed by atoms with Crippen molar-refractivity contribution in [2.45, 2.75) is 128 Å². The number of aromatic hydroxyl groups is 1. The SMILES string of the molecule is CC(C)(C)c1ccc(NS(=O)(=O)C2CCCCCCCCCCC2)c(C(C)(C)C)c1O. The molecule has 0 spiro atoms. The van der Waals surface area contributed by atoms with Gasteiger partial charge in [0, 0.05) is 5.56 Å². The van der Waals surface area contributed by atoms with Gasteiger partial charge in [0.05, 0.1) is 10.9 Å². The molecule has 1 saturated carbocycles. The van der Waals surface area contributed by atoms with Crippen molar-refractivity contribution in [3.05, 3.63) is 23.3 Å². The average Bonchev–Trinajstić information content (AvgIpc) is 2.59. The second-order valence-corrected chi connectivity index (χ2v) is 13.4. The van der Waals surface area contributed by atoms with Crippen LogP contribution >= 0.6 is 0 Å². The van der Waals surface area contributed by atoms with Crippen molar-refractivity contribution in [3.63, 3.8) is 0 Å². The minimum atomic E-state index is -3.53. The van der Waals surface area contributed by atoms with Crippen LogP contribution in [0, 0.1) is 0 Å². The van der Waals surface area contributed by atoms with Gasteiger partial charge >= 0.3 is 0 Å². The van der Waals surface area contributed by atoms with Gasteiger partial charge in [-0.1, -0.05) is 105 Å². The summed E-state index contributed by atoms with van der Waals surface area (Å²) >= 11 is 0. The third kappa shape index (κ3) is 7.40. The van der Waals surface area contributed by atoms with Crippen LogP contribution < -0.4 is 4.72 Å². The van der Waals surface area contributed by atoms with E-state index in [0.717, 1.165) is 31.2 Å². The van der Waals surface area contributed by atoms with E-state index in [-0.39, 0.29) is 16.4 Å². The molecule has 1 aliphatic rings. The minimum absolute atomic E-state index is 0.207. The third-order valence-corrected chi connectivity index (χ3v) is 8.33. The molecule has 0 atom stereocenters. The maximum absolute atomic E-state index is 13.5. The van der Waals surface area contributed by atoms with Crippen LogP contribution in [0.5, 0.6) is 5.75 Å². The Bertz CT molecular complexity index is 804. The molecule has 2 N–H and O–H groups in total. The lowest BCUT2D eigenvalue weighted by molar-refractivity contribution is 0.424. The van der Waals surface area contributed by atoms with E-state index >= 15 is 0 Å². The molecule has 31 heavy (non-hydrogen) atoms. The summed E-state index contributed by atoms with van der Waals surface area (Å²) in [5.41, 5.74) is 1.41. The topological polar surface area (TPSA) is 66.4 Å². The lowest BCUT2D eigenvalue weighted by Crippen LogP contribution is -2.30. The molecule has 0 aromatic heterocycles. The number of hydrogen-bond donors (Lipinski definition) is 2. The Kier molecular flexibility index (Phi) is 8.89. The summed E-state index contributed by atoms with van der Waals surface area (Å²) in [6.45, 7) is 12.2. The highest BCUT2D eigenvalue weighted by molar-refractivity contribution is 7.93. The highest BCUT2D eigenvalue weighted by Gasteiger charge is 2.31. The van der Waals surface area contributed by atoms with E-state index in [4.69, 9.17) is 0 Å². The van der Waals surface area contributed by atoms with Crippen LogP contribution in [-0.2, 0) is 20.9 Å². The predicted molar refractivity (Wildman–Crippen MR) is 133 cm³/mol. The van der Waals surface area contributed by atoms with Gasteiger partial charge in [0.2, 0.25) is 10.0 Å². The molecular weight excluding hydrogens is 406 g/mol. The van der Waals surface area contributed by atoms with E-state index in [2.05, 4.69) is 25.5 Å². The summed E-state index contributed by atoms with van der Waals surface area (Å²) in [5, 5.41) is 10.8. The van der Waals surface area contributed by atoms with Crippen molar-refractivity contribution >= 4 is 15.7 Å². The first-order valence-corrected chi connectivity index (χ1v) is 13.8. The fraction of sp³-hybridized carbons (Fsp3) is 0.769. The molecule has 4 nitrogen and oxygen atoms in total. The molecule has 0 saturated heterocycles. The summed E-state index contributed by atoms with van der Waals surface area (Å²) in [6, 6.07) is 3.71. The number of nitrogens with one attached hydrogen (secondary N) is 1. The van der Waals surface area contributed by atoms with Gasteiger partial charge in [-0.3, -0.25) is 4.72 Å². The van der Waals surface area contributed by atoms with Crippen molar-refractivity contribution in [2.75, 3.05) is 4.72 Å². The third-order valence-electron chi connectivity index (χ3n) is 6.48. The molecule has 0 heterocycles. The second kappa shape index (κ2) is 10.6. The number of sulfonamides is 1. The first-order chi connectivity index (χ1) is 14.3. The van der Waals surface area contributed by atoms with Crippen molar-refractivity contribution in [3.8, 4) is 5.75 Å². The molecule has 0 aliphatic heterocycles. The summed E-state index contributed by atoms with van der Waals surface area (Å²) in [6.07, 6.45) is 11.8. The molecular formula is C26H45NO3S. The average molecular weight is 452 g/mol. The Morgan fingerprint density at radius 2 is 1.23 bits per heavy atom. The van der Waals surface area contributed by atoms with E-state index in [9.17, 15) is 13.5 Å². The van der Waals surface area contributed by atoms with Crippen molar-refractivity contribution < 1.29 is 13.5 Å². The summed E-state index contributed by atoms with van der Waals surface area (Å²) < 4.78 is 29.8. The molecule has 5 heteroatoms. The van der Waals surface area contributed by atoms with Crippen molar-refractivity contribution in [1.82, 2.24) is 0 Å². The number of hydrogen-bond acceptors (Lipinski definition) is 3. The Hall–Kier alpha value is -1.23. The highest BCUT2D eigenvalue weighted by atomic mass is 32.2. The first-order valence-electron chi connectivity index (χ1n) is 12.2. The van der Waals surface area contributed by atoms with Crippen LogP contribution in [0.2, 0.25) is 0 Å². The lowest BCUT2D eigenvalue weighted by atomic mass is 9.79. The smallest absolute Gasteiger partial charge is 0.235 e. The van der Waals surface area contributed by atoms with Crippen LogP contribution in [0.4, 0.5) is 5.69 Å². The summed E-state index contributed by atoms with van der Waals surface area (Å²) in [7, 11) is -3.53. The largest absolute Gasteiger partial charge is 0.507 e. The fourth-order valence-electron chi connectivity index (χ4n) is 4.71. The fourth-order valence-corrected chi connectivity index (χ4v) is 6.31. The molecule has 1 aromatic rings. The van der Waals surface area contributed by atoms with Gasteiger partial charge in [-0.05, 0) is 35.3 Å². The monoisotopic (exact) mass is 451 g/mol. The van der Waals surface area contributed by atoms with Gasteiger partial charge in [0.25, 0.3) is 0 Å². The zero-order valence-corrected chi connectivity index (χ0v) is 21.5. The van der Waals surface area contributed by atoms with Crippen molar-refractivity contribution in [2.24, 2.45) is 0 Å². The van der Waals surface area contributed by atoms with Crippen LogP contribution in [0.15, 0.2) is 12.1 Å². The van der Waals surface area contributed by atoms with E-state index in [1.165, 1.54) is 32.1 Å². The zero-order valence-electron chi connectivity index (χ0n) is 20.7. The van der Waals surface area contributed by atoms with Crippen LogP contribution in [-0.4, -0.2) is 18.8 Å². The number of benzene rings is 1. The Labute approximate surface area is 191 Å². The molecule has 1 fully saturated rings.